The summed E-state index contributed by atoms with van der Waals surface area (Å²) in [6.45, 7) is 1.49. The first-order valence-electron chi connectivity index (χ1n) is 5.03. The molecule has 0 amide bonds. The molecule has 0 aromatic carbocycles. The Labute approximate surface area is 107 Å². The van der Waals surface area contributed by atoms with Gasteiger partial charge in [-0.15, -0.1) is 11.3 Å². The number of hydrogen-bond donors (Lipinski definition) is 3. The molecule has 16 heavy (non-hydrogen) atoms. The van der Waals surface area contributed by atoms with Gasteiger partial charge in [0.1, 0.15) is 6.04 Å². The van der Waals surface area contributed by atoms with E-state index in [9.17, 15) is 4.79 Å². The molecule has 0 radical (unpaired) electrons. The SMILES string of the molecule is NC(CCNCCc1ccc(Br)s1)C(=O)O. The number of aliphatic carboxylic acids is 1. The fourth-order valence-corrected chi connectivity index (χ4v) is 2.69. The Morgan fingerprint density at radius 1 is 1.56 bits per heavy atom. The van der Waals surface area contributed by atoms with Crippen LogP contribution >= 0.6 is 27.3 Å². The minimum absolute atomic E-state index is 0.462. The van der Waals surface area contributed by atoms with E-state index in [2.05, 4.69) is 27.3 Å². The summed E-state index contributed by atoms with van der Waals surface area (Å²) < 4.78 is 1.13. The van der Waals surface area contributed by atoms with Crippen LogP contribution in [0.3, 0.4) is 0 Å². The first-order valence-corrected chi connectivity index (χ1v) is 6.64. The van der Waals surface area contributed by atoms with E-state index in [1.165, 1.54) is 4.88 Å². The van der Waals surface area contributed by atoms with Gasteiger partial charge in [-0.05, 0) is 54.0 Å². The average molecular weight is 307 g/mol. The van der Waals surface area contributed by atoms with Crippen molar-refractivity contribution in [3.8, 4) is 0 Å². The van der Waals surface area contributed by atoms with Crippen LogP contribution in [0.25, 0.3) is 0 Å². The zero-order valence-corrected chi connectivity index (χ0v) is 11.2. The molecule has 0 saturated heterocycles. The second-order valence-electron chi connectivity index (χ2n) is 3.44. The molecule has 90 valence electrons. The summed E-state index contributed by atoms with van der Waals surface area (Å²) in [6, 6.07) is 3.35. The van der Waals surface area contributed by atoms with E-state index in [0.717, 1.165) is 16.8 Å². The number of nitrogens with one attached hydrogen (secondary N) is 1. The van der Waals surface area contributed by atoms with Crippen LogP contribution in [0.15, 0.2) is 15.9 Å². The number of carboxylic acids is 1. The molecule has 4 N–H and O–H groups in total. The number of halogens is 1. The smallest absolute Gasteiger partial charge is 0.320 e. The summed E-state index contributed by atoms with van der Waals surface area (Å²) in [5.74, 6) is -0.941. The molecule has 0 aliphatic heterocycles. The maximum absolute atomic E-state index is 10.4. The number of nitrogens with two attached hydrogens (primary N) is 1. The van der Waals surface area contributed by atoms with Gasteiger partial charge in [0.15, 0.2) is 0 Å². The molecule has 1 unspecified atom stereocenters. The molecule has 1 atom stereocenters. The minimum atomic E-state index is -0.941. The van der Waals surface area contributed by atoms with Crippen LogP contribution in [0.4, 0.5) is 0 Å². The lowest BCUT2D eigenvalue weighted by Gasteiger charge is -2.06. The van der Waals surface area contributed by atoms with Gasteiger partial charge >= 0.3 is 5.97 Å². The van der Waals surface area contributed by atoms with Crippen molar-refractivity contribution in [1.29, 1.82) is 0 Å². The molecule has 1 heterocycles. The highest BCUT2D eigenvalue weighted by atomic mass is 79.9. The molecule has 0 bridgehead atoms. The van der Waals surface area contributed by atoms with Crippen molar-refractivity contribution >= 4 is 33.2 Å². The minimum Gasteiger partial charge on any atom is -0.480 e. The third-order valence-electron chi connectivity index (χ3n) is 2.13. The number of carbonyl (C=O) groups is 1. The molecule has 1 rings (SSSR count). The number of hydrogen-bond acceptors (Lipinski definition) is 4. The van der Waals surface area contributed by atoms with Gasteiger partial charge in [-0.1, -0.05) is 0 Å². The van der Waals surface area contributed by atoms with Crippen LogP contribution in [0.1, 0.15) is 11.3 Å². The zero-order chi connectivity index (χ0) is 12.0. The Morgan fingerprint density at radius 3 is 2.88 bits per heavy atom. The summed E-state index contributed by atoms with van der Waals surface area (Å²) in [4.78, 5) is 11.7. The van der Waals surface area contributed by atoms with Gasteiger partial charge in [0.05, 0.1) is 3.79 Å². The fraction of sp³-hybridized carbons (Fsp3) is 0.500. The van der Waals surface area contributed by atoms with Crippen molar-refractivity contribution in [2.45, 2.75) is 18.9 Å². The molecule has 0 aliphatic rings. The van der Waals surface area contributed by atoms with E-state index in [1.807, 2.05) is 6.07 Å². The predicted octanol–water partition coefficient (Wildman–Crippen LogP) is 1.44. The van der Waals surface area contributed by atoms with Crippen molar-refractivity contribution < 1.29 is 9.90 Å². The Hall–Kier alpha value is -0.430. The van der Waals surface area contributed by atoms with Gasteiger partial charge in [0.25, 0.3) is 0 Å². The zero-order valence-electron chi connectivity index (χ0n) is 8.78. The molecule has 0 aliphatic carbocycles. The van der Waals surface area contributed by atoms with Crippen molar-refractivity contribution in [1.82, 2.24) is 5.32 Å². The summed E-state index contributed by atoms with van der Waals surface area (Å²) in [6.07, 6.45) is 1.42. The maximum Gasteiger partial charge on any atom is 0.320 e. The van der Waals surface area contributed by atoms with Gasteiger partial charge in [-0.3, -0.25) is 4.79 Å². The molecule has 0 saturated carbocycles. The van der Waals surface area contributed by atoms with E-state index in [1.54, 1.807) is 11.3 Å². The van der Waals surface area contributed by atoms with Gasteiger partial charge in [0.2, 0.25) is 0 Å². The van der Waals surface area contributed by atoms with Crippen LogP contribution in [0, 0.1) is 0 Å². The monoisotopic (exact) mass is 306 g/mol. The standard InChI is InChI=1S/C10H15BrN2O2S/c11-9-2-1-7(16-9)3-5-13-6-4-8(12)10(14)15/h1-2,8,13H,3-6,12H2,(H,14,15). The average Bonchev–Trinajstić information content (AvgIpc) is 2.63. The Kier molecular flexibility index (Phi) is 5.97. The Balaban J connectivity index is 2.06. The van der Waals surface area contributed by atoms with Crippen molar-refractivity contribution in [2.75, 3.05) is 13.1 Å². The van der Waals surface area contributed by atoms with Gasteiger partial charge in [0, 0.05) is 4.88 Å². The lowest BCUT2D eigenvalue weighted by atomic mass is 10.2. The van der Waals surface area contributed by atoms with Crippen LogP contribution in [-0.4, -0.2) is 30.2 Å². The van der Waals surface area contributed by atoms with Crippen LogP contribution in [-0.2, 0) is 11.2 Å². The second kappa shape index (κ2) is 7.01. The van der Waals surface area contributed by atoms with Crippen molar-refractivity contribution in [2.24, 2.45) is 5.73 Å². The van der Waals surface area contributed by atoms with Gasteiger partial charge in [-0.2, -0.15) is 0 Å². The molecule has 1 aromatic heterocycles. The molecule has 4 nitrogen and oxygen atoms in total. The molecule has 6 heteroatoms. The van der Waals surface area contributed by atoms with Crippen LogP contribution in [0.2, 0.25) is 0 Å². The second-order valence-corrected chi connectivity index (χ2v) is 5.99. The van der Waals surface area contributed by atoms with Crippen molar-refractivity contribution in [3.05, 3.63) is 20.8 Å². The topological polar surface area (TPSA) is 75.3 Å². The lowest BCUT2D eigenvalue weighted by molar-refractivity contribution is -0.138. The predicted molar refractivity (Wildman–Crippen MR) is 68.8 cm³/mol. The largest absolute Gasteiger partial charge is 0.480 e. The van der Waals surface area contributed by atoms with Crippen molar-refractivity contribution in [3.63, 3.8) is 0 Å². The van der Waals surface area contributed by atoms with Gasteiger partial charge in [-0.25, -0.2) is 0 Å². The molecule has 0 spiro atoms. The third kappa shape index (κ3) is 5.07. The molecular weight excluding hydrogens is 292 g/mol. The summed E-state index contributed by atoms with van der Waals surface area (Å²) in [5, 5.41) is 11.7. The Morgan fingerprint density at radius 2 is 2.31 bits per heavy atom. The first-order chi connectivity index (χ1) is 7.59. The fourth-order valence-electron chi connectivity index (χ4n) is 1.20. The third-order valence-corrected chi connectivity index (χ3v) is 3.81. The highest BCUT2D eigenvalue weighted by Gasteiger charge is 2.09. The van der Waals surface area contributed by atoms with E-state index in [4.69, 9.17) is 10.8 Å². The highest BCUT2D eigenvalue weighted by Crippen LogP contribution is 2.21. The molecule has 1 aromatic rings. The summed E-state index contributed by atoms with van der Waals surface area (Å²) >= 11 is 5.12. The maximum atomic E-state index is 10.4. The summed E-state index contributed by atoms with van der Waals surface area (Å²) in [5.41, 5.74) is 5.37. The van der Waals surface area contributed by atoms with Gasteiger partial charge < -0.3 is 16.2 Å². The Bertz CT molecular complexity index is 343. The van der Waals surface area contributed by atoms with E-state index >= 15 is 0 Å². The van der Waals surface area contributed by atoms with E-state index in [0.29, 0.717) is 13.0 Å². The normalized spacial score (nSPS) is 12.6. The lowest BCUT2D eigenvalue weighted by Crippen LogP contribution is -2.34. The summed E-state index contributed by atoms with van der Waals surface area (Å²) in [7, 11) is 0. The number of rotatable bonds is 7. The first kappa shape index (κ1) is 13.6. The van der Waals surface area contributed by atoms with E-state index < -0.39 is 12.0 Å². The van der Waals surface area contributed by atoms with E-state index in [-0.39, 0.29) is 0 Å². The highest BCUT2D eigenvalue weighted by molar-refractivity contribution is 9.11. The van der Waals surface area contributed by atoms with Crippen LogP contribution < -0.4 is 11.1 Å². The quantitative estimate of drug-likeness (QED) is 0.666. The molecule has 0 fully saturated rings. The number of thiophene rings is 1. The van der Waals surface area contributed by atoms with Crippen LogP contribution in [0.5, 0.6) is 0 Å². The molecular formula is C10H15BrN2O2S. The number of carboxylic acid groups (broad SMARTS) is 1.